The van der Waals surface area contributed by atoms with Crippen LogP contribution in [-0.2, 0) is 4.74 Å². The molecule has 0 aliphatic heterocycles. The van der Waals surface area contributed by atoms with Gasteiger partial charge in [0.15, 0.2) is 5.58 Å². The number of nitrogens with one attached hydrogen (secondary N) is 1. The van der Waals surface area contributed by atoms with Gasteiger partial charge in [-0.2, -0.15) is 0 Å². The minimum atomic E-state index is -0.131. The van der Waals surface area contributed by atoms with Crippen LogP contribution < -0.4 is 5.32 Å². The third-order valence-electron chi connectivity index (χ3n) is 3.37. The molecule has 0 bridgehead atoms. The first kappa shape index (κ1) is 15.2. The van der Waals surface area contributed by atoms with E-state index in [1.165, 1.54) is 0 Å². The van der Waals surface area contributed by atoms with Crippen molar-refractivity contribution in [1.29, 1.82) is 0 Å². The van der Waals surface area contributed by atoms with Crippen LogP contribution in [0.1, 0.15) is 16.8 Å². The van der Waals surface area contributed by atoms with Crippen LogP contribution in [0, 0.1) is 0 Å². The standard InChI is InChI=1S/C17H17N3O3/c1-22-9-3-8-19-16(21)12-5-6-15-14(10-12)20-17(23-15)13-4-2-7-18-11-13/h2,4-7,10-11H,3,8-9H2,1H3,(H,19,21). The number of hydrogen-bond donors (Lipinski definition) is 1. The molecule has 2 heterocycles. The fourth-order valence-electron chi connectivity index (χ4n) is 2.20. The Labute approximate surface area is 133 Å². The molecule has 6 heteroatoms. The van der Waals surface area contributed by atoms with Gasteiger partial charge in [0.05, 0.1) is 5.56 Å². The van der Waals surface area contributed by atoms with Crippen molar-refractivity contribution in [3.8, 4) is 11.5 Å². The Hall–Kier alpha value is -2.73. The van der Waals surface area contributed by atoms with Crippen molar-refractivity contribution in [2.45, 2.75) is 6.42 Å². The number of carbonyl (C=O) groups is 1. The Kier molecular flexibility index (Phi) is 4.63. The Morgan fingerprint density at radius 2 is 2.26 bits per heavy atom. The second-order valence-corrected chi connectivity index (χ2v) is 5.05. The van der Waals surface area contributed by atoms with Crippen LogP contribution in [0.2, 0.25) is 0 Å². The summed E-state index contributed by atoms with van der Waals surface area (Å²) in [5, 5.41) is 2.85. The molecule has 23 heavy (non-hydrogen) atoms. The number of fused-ring (bicyclic) bond motifs is 1. The summed E-state index contributed by atoms with van der Waals surface area (Å²) in [7, 11) is 1.64. The van der Waals surface area contributed by atoms with Crippen LogP contribution in [-0.4, -0.2) is 36.1 Å². The molecule has 1 aromatic carbocycles. The van der Waals surface area contributed by atoms with Gasteiger partial charge in [-0.15, -0.1) is 0 Å². The lowest BCUT2D eigenvalue weighted by atomic mass is 10.2. The lowest BCUT2D eigenvalue weighted by Gasteiger charge is -2.04. The van der Waals surface area contributed by atoms with E-state index in [2.05, 4.69) is 15.3 Å². The molecule has 1 N–H and O–H groups in total. The van der Waals surface area contributed by atoms with E-state index in [1.807, 2.05) is 12.1 Å². The van der Waals surface area contributed by atoms with Gasteiger partial charge < -0.3 is 14.5 Å². The number of hydrogen-bond acceptors (Lipinski definition) is 5. The van der Waals surface area contributed by atoms with Crippen molar-refractivity contribution in [3.63, 3.8) is 0 Å². The van der Waals surface area contributed by atoms with E-state index in [9.17, 15) is 4.79 Å². The third-order valence-corrected chi connectivity index (χ3v) is 3.37. The Morgan fingerprint density at radius 3 is 3.04 bits per heavy atom. The molecule has 0 spiro atoms. The van der Waals surface area contributed by atoms with Gasteiger partial charge in [-0.25, -0.2) is 4.98 Å². The van der Waals surface area contributed by atoms with Crippen molar-refractivity contribution < 1.29 is 13.9 Å². The van der Waals surface area contributed by atoms with E-state index < -0.39 is 0 Å². The van der Waals surface area contributed by atoms with Gasteiger partial charge in [-0.1, -0.05) is 0 Å². The van der Waals surface area contributed by atoms with Crippen LogP contribution in [0.15, 0.2) is 47.1 Å². The maximum atomic E-state index is 12.1. The van der Waals surface area contributed by atoms with Crippen molar-refractivity contribution in [1.82, 2.24) is 15.3 Å². The number of oxazole rings is 1. The zero-order chi connectivity index (χ0) is 16.1. The lowest BCUT2D eigenvalue weighted by molar-refractivity contribution is 0.0948. The molecule has 3 aromatic rings. The molecule has 0 saturated heterocycles. The largest absolute Gasteiger partial charge is 0.436 e. The summed E-state index contributed by atoms with van der Waals surface area (Å²) in [6.07, 6.45) is 4.16. The molecular formula is C17H17N3O3. The second kappa shape index (κ2) is 7.02. The average molecular weight is 311 g/mol. The van der Waals surface area contributed by atoms with Crippen LogP contribution in [0.4, 0.5) is 0 Å². The number of ether oxygens (including phenoxy) is 1. The van der Waals surface area contributed by atoms with Gasteiger partial charge in [0, 0.05) is 38.2 Å². The van der Waals surface area contributed by atoms with Crippen LogP contribution in [0.5, 0.6) is 0 Å². The zero-order valence-electron chi connectivity index (χ0n) is 12.8. The molecule has 0 radical (unpaired) electrons. The fourth-order valence-corrected chi connectivity index (χ4v) is 2.20. The normalized spacial score (nSPS) is 10.8. The molecule has 3 rings (SSSR count). The van der Waals surface area contributed by atoms with Crippen molar-refractivity contribution in [2.75, 3.05) is 20.3 Å². The first-order chi connectivity index (χ1) is 11.3. The Morgan fingerprint density at radius 1 is 1.35 bits per heavy atom. The van der Waals surface area contributed by atoms with E-state index in [4.69, 9.17) is 9.15 Å². The minimum Gasteiger partial charge on any atom is -0.436 e. The van der Waals surface area contributed by atoms with Crippen LogP contribution in [0.25, 0.3) is 22.6 Å². The van der Waals surface area contributed by atoms with Gasteiger partial charge >= 0.3 is 0 Å². The Bertz CT molecular complexity index is 799. The highest BCUT2D eigenvalue weighted by Crippen LogP contribution is 2.24. The SMILES string of the molecule is COCCCNC(=O)c1ccc2oc(-c3cccnc3)nc2c1. The number of methoxy groups -OCH3 is 1. The van der Waals surface area contributed by atoms with E-state index in [-0.39, 0.29) is 5.91 Å². The number of rotatable bonds is 6. The summed E-state index contributed by atoms with van der Waals surface area (Å²) in [6, 6.07) is 8.91. The quantitative estimate of drug-likeness (QED) is 0.708. The second-order valence-electron chi connectivity index (χ2n) is 5.05. The molecule has 0 aliphatic carbocycles. The lowest BCUT2D eigenvalue weighted by Crippen LogP contribution is -2.25. The zero-order valence-corrected chi connectivity index (χ0v) is 12.8. The van der Waals surface area contributed by atoms with Gasteiger partial charge in [0.25, 0.3) is 5.91 Å². The third kappa shape index (κ3) is 3.54. The fraction of sp³-hybridized carbons (Fsp3) is 0.235. The minimum absolute atomic E-state index is 0.131. The predicted octanol–water partition coefficient (Wildman–Crippen LogP) is 2.66. The molecule has 1 amide bonds. The van der Waals surface area contributed by atoms with E-state index in [1.54, 1.807) is 37.7 Å². The molecule has 0 saturated carbocycles. The number of benzene rings is 1. The highest BCUT2D eigenvalue weighted by molar-refractivity contribution is 5.97. The monoisotopic (exact) mass is 311 g/mol. The maximum Gasteiger partial charge on any atom is 0.251 e. The molecular weight excluding hydrogens is 294 g/mol. The molecule has 0 unspecified atom stereocenters. The first-order valence-electron chi connectivity index (χ1n) is 7.36. The van der Waals surface area contributed by atoms with Gasteiger partial charge in [-0.05, 0) is 36.8 Å². The number of pyridine rings is 1. The van der Waals surface area contributed by atoms with E-state index >= 15 is 0 Å². The molecule has 0 fully saturated rings. The van der Waals surface area contributed by atoms with Gasteiger partial charge in [0.1, 0.15) is 5.52 Å². The number of nitrogens with zero attached hydrogens (tertiary/aromatic N) is 2. The average Bonchev–Trinajstić information content (AvgIpc) is 3.02. The first-order valence-corrected chi connectivity index (χ1v) is 7.36. The number of amides is 1. The topological polar surface area (TPSA) is 77.2 Å². The van der Waals surface area contributed by atoms with Gasteiger partial charge in [0.2, 0.25) is 5.89 Å². The highest BCUT2D eigenvalue weighted by Gasteiger charge is 2.11. The molecule has 6 nitrogen and oxygen atoms in total. The van der Waals surface area contributed by atoms with Crippen molar-refractivity contribution in [3.05, 3.63) is 48.3 Å². The molecule has 2 aromatic heterocycles. The summed E-state index contributed by atoms with van der Waals surface area (Å²) >= 11 is 0. The predicted molar refractivity (Wildman–Crippen MR) is 86.1 cm³/mol. The van der Waals surface area contributed by atoms with Gasteiger partial charge in [-0.3, -0.25) is 9.78 Å². The van der Waals surface area contributed by atoms with Crippen LogP contribution in [0.3, 0.4) is 0 Å². The molecule has 0 aliphatic rings. The summed E-state index contributed by atoms with van der Waals surface area (Å²) in [5.41, 5.74) is 2.64. The Balaban J connectivity index is 1.78. The van der Waals surface area contributed by atoms with Crippen LogP contribution >= 0.6 is 0 Å². The smallest absolute Gasteiger partial charge is 0.251 e. The highest BCUT2D eigenvalue weighted by atomic mass is 16.5. The number of carbonyl (C=O) groups excluding carboxylic acids is 1. The summed E-state index contributed by atoms with van der Waals surface area (Å²) in [6.45, 7) is 1.20. The van der Waals surface area contributed by atoms with E-state index in [0.29, 0.717) is 35.7 Å². The summed E-state index contributed by atoms with van der Waals surface area (Å²) in [4.78, 5) is 20.6. The van der Waals surface area contributed by atoms with E-state index in [0.717, 1.165) is 12.0 Å². The van der Waals surface area contributed by atoms with Crippen molar-refractivity contribution >= 4 is 17.0 Å². The summed E-state index contributed by atoms with van der Waals surface area (Å²) < 4.78 is 10.7. The molecule has 118 valence electrons. The maximum absolute atomic E-state index is 12.1. The van der Waals surface area contributed by atoms with Crippen molar-refractivity contribution in [2.24, 2.45) is 0 Å². The summed E-state index contributed by atoms with van der Waals surface area (Å²) in [5.74, 6) is 0.361. The molecule has 0 atom stereocenters. The number of aromatic nitrogens is 2.